The molecule has 3 nitrogen and oxygen atoms in total. The molecule has 0 N–H and O–H groups in total. The molecule has 1 aliphatic rings. The van der Waals surface area contributed by atoms with Crippen molar-refractivity contribution >= 4 is 5.78 Å². The number of carbonyl (C=O) groups excluding carboxylic acids is 1. The highest BCUT2D eigenvalue weighted by Gasteiger charge is 2.41. The van der Waals surface area contributed by atoms with Crippen LogP contribution in [0.3, 0.4) is 0 Å². The number of rotatable bonds is 2. The minimum Gasteiger partial charge on any atom is -0.293 e. The molecule has 128 valence electrons. The van der Waals surface area contributed by atoms with Crippen molar-refractivity contribution in [3.8, 4) is 11.3 Å². The Morgan fingerprint density at radius 1 is 1.25 bits per heavy atom. The van der Waals surface area contributed by atoms with Gasteiger partial charge in [-0.05, 0) is 25.0 Å². The number of benzene rings is 1. The van der Waals surface area contributed by atoms with Crippen molar-refractivity contribution in [3.63, 3.8) is 0 Å². The Balaban J connectivity index is 2.23. The Morgan fingerprint density at radius 3 is 2.54 bits per heavy atom. The average molecular weight is 340 g/mol. The number of hydrogen-bond donors (Lipinski definition) is 0. The number of hydrogen-bond acceptors (Lipinski definition) is 2. The maximum absolute atomic E-state index is 14.1. The predicted molar refractivity (Wildman–Crippen MR) is 80.1 cm³/mol. The highest BCUT2D eigenvalue weighted by atomic mass is 19.4. The fourth-order valence-corrected chi connectivity index (χ4v) is 3.01. The molecule has 7 heteroatoms. The van der Waals surface area contributed by atoms with E-state index in [2.05, 4.69) is 5.10 Å². The van der Waals surface area contributed by atoms with Crippen LogP contribution in [-0.4, -0.2) is 21.7 Å². The number of Topliss-reactive ketones (excluding diaryl/α,β-unsaturated/α-hetero) is 1. The van der Waals surface area contributed by atoms with Crippen molar-refractivity contribution < 1.29 is 22.4 Å². The van der Waals surface area contributed by atoms with Crippen LogP contribution >= 0.6 is 0 Å². The van der Waals surface area contributed by atoms with Crippen molar-refractivity contribution in [1.29, 1.82) is 0 Å². The fraction of sp³-hybridized carbons (Fsp3) is 0.412. The summed E-state index contributed by atoms with van der Waals surface area (Å²) < 4.78 is 53.4. The molecule has 0 saturated carbocycles. The number of halogens is 4. The highest BCUT2D eigenvalue weighted by Crippen LogP contribution is 2.40. The molecular weight excluding hydrogens is 324 g/mol. The van der Waals surface area contributed by atoms with Gasteiger partial charge in [0, 0.05) is 11.0 Å². The summed E-state index contributed by atoms with van der Waals surface area (Å²) in [5.41, 5.74) is -0.333. The van der Waals surface area contributed by atoms with E-state index in [0.29, 0.717) is 12.8 Å². The predicted octanol–water partition coefficient (Wildman–Crippen LogP) is 4.41. The molecule has 0 saturated heterocycles. The summed E-state index contributed by atoms with van der Waals surface area (Å²) in [7, 11) is 0. The van der Waals surface area contributed by atoms with Gasteiger partial charge >= 0.3 is 6.18 Å². The number of alkyl halides is 3. The van der Waals surface area contributed by atoms with E-state index in [9.17, 15) is 22.4 Å². The maximum atomic E-state index is 14.1. The van der Waals surface area contributed by atoms with Crippen LogP contribution < -0.4 is 0 Å². The van der Waals surface area contributed by atoms with Crippen molar-refractivity contribution in [2.75, 3.05) is 0 Å². The van der Waals surface area contributed by atoms with Gasteiger partial charge in [-0.3, -0.25) is 9.48 Å². The van der Waals surface area contributed by atoms with Gasteiger partial charge in [0.15, 0.2) is 5.78 Å². The number of ketones is 1. The summed E-state index contributed by atoms with van der Waals surface area (Å²) in [5, 5.41) is 3.96. The number of fused-ring (bicyclic) bond motifs is 1. The minimum atomic E-state index is -4.47. The fourth-order valence-electron chi connectivity index (χ4n) is 3.01. The Bertz CT molecular complexity index is 805. The smallest absolute Gasteiger partial charge is 0.293 e. The van der Waals surface area contributed by atoms with Gasteiger partial charge in [0.1, 0.15) is 18.1 Å². The summed E-state index contributed by atoms with van der Waals surface area (Å²) in [6.07, 6.45) is -3.74. The second-order valence-electron chi connectivity index (χ2n) is 6.64. The first-order valence-electron chi connectivity index (χ1n) is 7.56. The summed E-state index contributed by atoms with van der Waals surface area (Å²) in [6.45, 7) is 2.19. The minimum absolute atomic E-state index is 0.00914. The molecule has 0 fully saturated rings. The van der Waals surface area contributed by atoms with E-state index in [-0.39, 0.29) is 28.3 Å². The molecule has 0 bridgehead atoms. The second kappa shape index (κ2) is 5.43. The Labute approximate surface area is 136 Å². The van der Waals surface area contributed by atoms with Gasteiger partial charge in [0.25, 0.3) is 0 Å². The molecule has 0 atom stereocenters. The van der Waals surface area contributed by atoms with Gasteiger partial charge in [0.2, 0.25) is 0 Å². The quantitative estimate of drug-likeness (QED) is 0.759. The Hall–Kier alpha value is -2.18. The van der Waals surface area contributed by atoms with Gasteiger partial charge in [-0.1, -0.05) is 26.0 Å². The summed E-state index contributed by atoms with van der Waals surface area (Å²) >= 11 is 0. The SMILES string of the molecule is CC1(C)CCc2c(c(-c3ccccc3F)nn2CC(F)(F)F)C1=O. The third-order valence-electron chi connectivity index (χ3n) is 4.34. The standard InChI is InChI=1S/C17H16F4N2O/c1-16(2)8-7-12-13(15(16)24)14(10-5-3-4-6-11(10)18)22-23(12)9-17(19,20)21/h3-6H,7-9H2,1-2H3. The van der Waals surface area contributed by atoms with Crippen molar-refractivity contribution in [3.05, 3.63) is 41.3 Å². The lowest BCUT2D eigenvalue weighted by Gasteiger charge is -2.28. The van der Waals surface area contributed by atoms with Gasteiger partial charge in [0.05, 0.1) is 11.3 Å². The molecule has 0 unspecified atom stereocenters. The van der Waals surface area contributed by atoms with E-state index in [1.54, 1.807) is 19.9 Å². The number of aromatic nitrogens is 2. The van der Waals surface area contributed by atoms with E-state index in [1.165, 1.54) is 18.2 Å². The molecule has 3 rings (SSSR count). The number of nitrogens with zero attached hydrogens (tertiary/aromatic N) is 2. The molecule has 0 amide bonds. The number of carbonyl (C=O) groups is 1. The zero-order valence-corrected chi connectivity index (χ0v) is 13.2. The van der Waals surface area contributed by atoms with Gasteiger partial charge in [-0.25, -0.2) is 4.39 Å². The first kappa shape index (κ1) is 16.7. The largest absolute Gasteiger partial charge is 0.408 e. The Morgan fingerprint density at radius 2 is 1.92 bits per heavy atom. The topological polar surface area (TPSA) is 34.9 Å². The Kier molecular flexibility index (Phi) is 3.77. The van der Waals surface area contributed by atoms with Crippen LogP contribution in [0.25, 0.3) is 11.3 Å². The van der Waals surface area contributed by atoms with Gasteiger partial charge in [-0.15, -0.1) is 0 Å². The van der Waals surface area contributed by atoms with Crippen LogP contribution in [-0.2, 0) is 13.0 Å². The van der Waals surface area contributed by atoms with E-state index in [0.717, 1.165) is 4.68 Å². The van der Waals surface area contributed by atoms with Crippen LogP contribution in [0.1, 0.15) is 36.3 Å². The van der Waals surface area contributed by atoms with Crippen molar-refractivity contribution in [1.82, 2.24) is 9.78 Å². The molecule has 2 aromatic rings. The van der Waals surface area contributed by atoms with Crippen molar-refractivity contribution in [2.24, 2.45) is 5.41 Å². The average Bonchev–Trinajstić information content (AvgIpc) is 2.80. The van der Waals surface area contributed by atoms with Gasteiger partial charge < -0.3 is 0 Å². The van der Waals surface area contributed by atoms with E-state index in [1.807, 2.05) is 0 Å². The van der Waals surface area contributed by atoms with Gasteiger partial charge in [-0.2, -0.15) is 18.3 Å². The summed E-state index contributed by atoms with van der Waals surface area (Å²) in [6, 6.07) is 5.66. The monoisotopic (exact) mass is 340 g/mol. The molecule has 0 aliphatic heterocycles. The van der Waals surface area contributed by atoms with E-state index >= 15 is 0 Å². The normalized spacial score (nSPS) is 17.0. The van der Waals surface area contributed by atoms with Crippen LogP contribution in [0.2, 0.25) is 0 Å². The molecule has 1 aromatic heterocycles. The third kappa shape index (κ3) is 2.83. The van der Waals surface area contributed by atoms with E-state index < -0.39 is 24.0 Å². The molecule has 24 heavy (non-hydrogen) atoms. The second-order valence-corrected chi connectivity index (χ2v) is 6.64. The molecule has 1 heterocycles. The molecule has 0 spiro atoms. The summed E-state index contributed by atoms with van der Waals surface area (Å²) in [5.74, 6) is -0.913. The lowest BCUT2D eigenvalue weighted by molar-refractivity contribution is -0.143. The van der Waals surface area contributed by atoms with E-state index in [4.69, 9.17) is 0 Å². The first-order valence-corrected chi connectivity index (χ1v) is 7.56. The molecular formula is C17H16F4N2O. The molecule has 0 radical (unpaired) electrons. The highest BCUT2D eigenvalue weighted by molar-refractivity contribution is 6.06. The van der Waals surface area contributed by atoms with Crippen LogP contribution in [0.5, 0.6) is 0 Å². The lowest BCUT2D eigenvalue weighted by atomic mass is 9.74. The molecule has 1 aliphatic carbocycles. The third-order valence-corrected chi connectivity index (χ3v) is 4.34. The maximum Gasteiger partial charge on any atom is 0.408 e. The van der Waals surface area contributed by atoms with Crippen LogP contribution in [0.4, 0.5) is 17.6 Å². The zero-order chi connectivity index (χ0) is 17.7. The van der Waals surface area contributed by atoms with Crippen LogP contribution in [0.15, 0.2) is 24.3 Å². The van der Waals surface area contributed by atoms with Crippen molar-refractivity contribution in [2.45, 2.75) is 39.4 Å². The first-order chi connectivity index (χ1) is 11.1. The zero-order valence-electron chi connectivity index (χ0n) is 13.2. The lowest BCUT2D eigenvalue weighted by Crippen LogP contribution is -2.32. The van der Waals surface area contributed by atoms with Crippen LogP contribution in [0, 0.1) is 11.2 Å². The summed E-state index contributed by atoms with van der Waals surface area (Å²) in [4.78, 5) is 12.8. The molecule has 1 aromatic carbocycles.